The first kappa shape index (κ1) is 17.2. The monoisotopic (exact) mass is 364 g/mol. The molecule has 25 heavy (non-hydrogen) atoms. The van der Waals surface area contributed by atoms with Gasteiger partial charge in [-0.05, 0) is 31.2 Å². The first-order valence-corrected chi connectivity index (χ1v) is 8.13. The molecule has 0 fully saturated rings. The number of fused-ring (bicyclic) bond motifs is 1. The summed E-state index contributed by atoms with van der Waals surface area (Å²) in [6.45, 7) is 2.17. The fourth-order valence-electron chi connectivity index (χ4n) is 2.72. The summed E-state index contributed by atoms with van der Waals surface area (Å²) in [7, 11) is 0. The van der Waals surface area contributed by atoms with Crippen LogP contribution in [0.25, 0.3) is 0 Å². The molecule has 2 heterocycles. The Morgan fingerprint density at radius 3 is 2.72 bits per heavy atom. The van der Waals surface area contributed by atoms with Crippen molar-refractivity contribution in [2.24, 2.45) is 0 Å². The second kappa shape index (κ2) is 7.10. The molecule has 1 N–H and O–H groups in total. The molecule has 2 aromatic rings. The highest BCUT2D eigenvalue weighted by atomic mass is 35.5. The maximum atomic E-state index is 12.5. The first-order valence-electron chi connectivity index (χ1n) is 7.75. The van der Waals surface area contributed by atoms with Gasteiger partial charge < -0.3 is 19.3 Å². The number of carboxylic acid groups (broad SMARTS) is 1. The molecule has 1 aliphatic rings. The molecule has 1 atom stereocenters. The van der Waals surface area contributed by atoms with Gasteiger partial charge in [-0.25, -0.2) is 4.79 Å². The summed E-state index contributed by atoms with van der Waals surface area (Å²) in [5, 5.41) is 18.0. The van der Waals surface area contributed by atoms with E-state index >= 15 is 0 Å². The molecule has 0 aliphatic carbocycles. The molecule has 132 valence electrons. The fourth-order valence-corrected chi connectivity index (χ4v) is 2.84. The van der Waals surface area contributed by atoms with E-state index in [0.717, 1.165) is 0 Å². The predicted molar refractivity (Wildman–Crippen MR) is 88.3 cm³/mol. The number of halogens is 1. The Balaban J connectivity index is 1.63. The van der Waals surface area contributed by atoms with Crippen molar-refractivity contribution < 1.29 is 19.4 Å². The van der Waals surface area contributed by atoms with E-state index in [2.05, 4.69) is 10.2 Å². The van der Waals surface area contributed by atoms with E-state index in [0.29, 0.717) is 22.4 Å². The molecule has 0 spiro atoms. The SMILES string of the molecule is Cc1nnc2n1CC(C(=O)O)N(C(=O)CCOc1ccc(Cl)cc1)C2. The number of aryl methyl sites for hydroxylation is 1. The minimum Gasteiger partial charge on any atom is -0.493 e. The van der Waals surface area contributed by atoms with Crippen LogP contribution in [0.2, 0.25) is 5.02 Å². The van der Waals surface area contributed by atoms with E-state index in [-0.39, 0.29) is 32.0 Å². The van der Waals surface area contributed by atoms with Crippen molar-refractivity contribution in [2.75, 3.05) is 6.61 Å². The Kier molecular flexibility index (Phi) is 4.89. The van der Waals surface area contributed by atoms with Crippen molar-refractivity contribution in [3.63, 3.8) is 0 Å². The van der Waals surface area contributed by atoms with E-state index in [4.69, 9.17) is 16.3 Å². The van der Waals surface area contributed by atoms with E-state index < -0.39 is 12.0 Å². The number of carbonyl (C=O) groups excluding carboxylic acids is 1. The number of nitrogens with zero attached hydrogens (tertiary/aromatic N) is 4. The fraction of sp³-hybridized carbons (Fsp3) is 0.375. The van der Waals surface area contributed by atoms with Crippen LogP contribution < -0.4 is 4.74 Å². The second-order valence-electron chi connectivity index (χ2n) is 5.70. The highest BCUT2D eigenvalue weighted by molar-refractivity contribution is 6.30. The molecule has 0 saturated carbocycles. The largest absolute Gasteiger partial charge is 0.493 e. The van der Waals surface area contributed by atoms with Gasteiger partial charge in [0.05, 0.1) is 26.1 Å². The van der Waals surface area contributed by atoms with Gasteiger partial charge in [-0.2, -0.15) is 0 Å². The lowest BCUT2D eigenvalue weighted by molar-refractivity contribution is -0.153. The summed E-state index contributed by atoms with van der Waals surface area (Å²) in [6.07, 6.45) is 0.0690. The summed E-state index contributed by atoms with van der Waals surface area (Å²) in [5.74, 6) is 0.473. The molecule has 0 saturated heterocycles. The van der Waals surface area contributed by atoms with E-state index in [1.54, 1.807) is 35.8 Å². The van der Waals surface area contributed by atoms with Gasteiger partial charge in [0.15, 0.2) is 5.82 Å². The zero-order chi connectivity index (χ0) is 18.0. The number of benzene rings is 1. The smallest absolute Gasteiger partial charge is 0.328 e. The molecule has 0 bridgehead atoms. The first-order chi connectivity index (χ1) is 12.0. The number of hydrogen-bond acceptors (Lipinski definition) is 5. The van der Waals surface area contributed by atoms with Crippen molar-refractivity contribution in [1.29, 1.82) is 0 Å². The molecular weight excluding hydrogens is 348 g/mol. The second-order valence-corrected chi connectivity index (χ2v) is 6.14. The number of carbonyl (C=O) groups is 2. The van der Waals surface area contributed by atoms with Crippen LogP contribution in [0.5, 0.6) is 5.75 Å². The molecule has 1 aliphatic heterocycles. The van der Waals surface area contributed by atoms with Crippen molar-refractivity contribution in [3.8, 4) is 5.75 Å². The molecule has 1 unspecified atom stereocenters. The van der Waals surface area contributed by atoms with Gasteiger partial charge in [0, 0.05) is 5.02 Å². The van der Waals surface area contributed by atoms with Gasteiger partial charge in [-0.3, -0.25) is 4.79 Å². The zero-order valence-corrected chi connectivity index (χ0v) is 14.3. The Hall–Kier alpha value is -2.61. The average molecular weight is 365 g/mol. The normalized spacial score (nSPS) is 16.4. The summed E-state index contributed by atoms with van der Waals surface area (Å²) < 4.78 is 7.23. The van der Waals surface area contributed by atoms with Crippen LogP contribution in [0.3, 0.4) is 0 Å². The topological polar surface area (TPSA) is 97.5 Å². The van der Waals surface area contributed by atoms with Crippen LogP contribution in [-0.4, -0.2) is 49.3 Å². The maximum absolute atomic E-state index is 12.5. The standard InChI is InChI=1S/C16H17ClN4O4/c1-10-18-19-14-9-21(13(16(23)24)8-20(10)14)15(22)6-7-25-12-4-2-11(17)3-5-12/h2-5,13H,6-9H2,1H3,(H,23,24). The Morgan fingerprint density at radius 1 is 1.32 bits per heavy atom. The Morgan fingerprint density at radius 2 is 2.04 bits per heavy atom. The molecule has 1 aromatic heterocycles. The summed E-state index contributed by atoms with van der Waals surface area (Å²) in [5.41, 5.74) is 0. The van der Waals surface area contributed by atoms with Crippen molar-refractivity contribution >= 4 is 23.5 Å². The highest BCUT2D eigenvalue weighted by Gasteiger charge is 2.36. The maximum Gasteiger partial charge on any atom is 0.328 e. The van der Waals surface area contributed by atoms with Crippen LogP contribution in [-0.2, 0) is 22.7 Å². The third kappa shape index (κ3) is 3.74. The number of amides is 1. The highest BCUT2D eigenvalue weighted by Crippen LogP contribution is 2.20. The minimum atomic E-state index is -1.05. The lowest BCUT2D eigenvalue weighted by atomic mass is 10.1. The van der Waals surface area contributed by atoms with Crippen molar-refractivity contribution in [2.45, 2.75) is 32.5 Å². The van der Waals surface area contributed by atoms with E-state index in [1.807, 2.05) is 0 Å². The summed E-state index contributed by atoms with van der Waals surface area (Å²) >= 11 is 5.80. The average Bonchev–Trinajstić information content (AvgIpc) is 2.96. The lowest BCUT2D eigenvalue weighted by Gasteiger charge is -2.33. The van der Waals surface area contributed by atoms with Crippen LogP contribution in [0, 0.1) is 6.92 Å². The molecule has 3 rings (SSSR count). The zero-order valence-electron chi connectivity index (χ0n) is 13.6. The molecule has 9 heteroatoms. The van der Waals surface area contributed by atoms with Gasteiger partial charge >= 0.3 is 5.97 Å². The van der Waals surface area contributed by atoms with Crippen LogP contribution in [0.4, 0.5) is 0 Å². The number of rotatable bonds is 5. The van der Waals surface area contributed by atoms with Crippen molar-refractivity contribution in [3.05, 3.63) is 40.9 Å². The third-order valence-corrected chi connectivity index (χ3v) is 4.31. The minimum absolute atomic E-state index is 0.0690. The molecule has 8 nitrogen and oxygen atoms in total. The van der Waals surface area contributed by atoms with Gasteiger partial charge in [-0.15, -0.1) is 10.2 Å². The quantitative estimate of drug-likeness (QED) is 0.863. The van der Waals surface area contributed by atoms with Crippen LogP contribution >= 0.6 is 11.6 Å². The van der Waals surface area contributed by atoms with Crippen LogP contribution in [0.15, 0.2) is 24.3 Å². The Bertz CT molecular complexity index is 790. The van der Waals surface area contributed by atoms with Gasteiger partial charge in [0.25, 0.3) is 0 Å². The number of aliphatic carboxylic acids is 1. The number of carboxylic acids is 1. The van der Waals surface area contributed by atoms with Gasteiger partial charge in [0.1, 0.15) is 17.6 Å². The van der Waals surface area contributed by atoms with Gasteiger partial charge in [0.2, 0.25) is 5.91 Å². The number of ether oxygens (including phenoxy) is 1. The van der Waals surface area contributed by atoms with E-state index in [1.165, 1.54) is 4.90 Å². The van der Waals surface area contributed by atoms with Gasteiger partial charge in [-0.1, -0.05) is 11.6 Å². The molecule has 1 aromatic carbocycles. The Labute approximate surface area is 149 Å². The number of aromatic nitrogens is 3. The summed E-state index contributed by atoms with van der Waals surface area (Å²) in [4.78, 5) is 25.3. The van der Waals surface area contributed by atoms with Crippen LogP contribution in [0.1, 0.15) is 18.1 Å². The molecule has 0 radical (unpaired) electrons. The molecular formula is C16H17ClN4O4. The molecule has 1 amide bonds. The summed E-state index contributed by atoms with van der Waals surface area (Å²) in [6, 6.07) is 5.86. The van der Waals surface area contributed by atoms with E-state index in [9.17, 15) is 14.7 Å². The third-order valence-electron chi connectivity index (χ3n) is 4.06. The number of hydrogen-bond donors (Lipinski definition) is 1. The lowest BCUT2D eigenvalue weighted by Crippen LogP contribution is -2.51. The van der Waals surface area contributed by atoms with Crippen molar-refractivity contribution in [1.82, 2.24) is 19.7 Å². The predicted octanol–water partition coefficient (Wildman–Crippen LogP) is 1.50.